The van der Waals surface area contributed by atoms with Crippen molar-refractivity contribution < 1.29 is 9.53 Å². The van der Waals surface area contributed by atoms with E-state index in [-0.39, 0.29) is 18.0 Å². The van der Waals surface area contributed by atoms with E-state index in [4.69, 9.17) is 10.5 Å². The Morgan fingerprint density at radius 3 is 2.53 bits per heavy atom. The minimum absolute atomic E-state index is 0.0488. The van der Waals surface area contributed by atoms with Crippen LogP contribution < -0.4 is 21.1 Å². The Morgan fingerprint density at radius 1 is 1.06 bits per heavy atom. The third-order valence-corrected chi connectivity index (χ3v) is 6.10. The zero-order valence-corrected chi connectivity index (χ0v) is 20.9. The summed E-state index contributed by atoms with van der Waals surface area (Å²) in [5.41, 5.74) is 7.96. The first-order valence-corrected chi connectivity index (χ1v) is 12.3. The van der Waals surface area contributed by atoms with Gasteiger partial charge in [-0.2, -0.15) is 0 Å². The maximum Gasteiger partial charge on any atom is 0.243 e. The number of para-hydroxylation sites is 1. The molecule has 1 heterocycles. The number of hydrogen-bond donors (Lipinski definition) is 3. The van der Waals surface area contributed by atoms with Gasteiger partial charge in [-0.15, -0.1) is 0 Å². The largest absolute Gasteiger partial charge is 0.457 e. The molecule has 2 aromatic carbocycles. The molecule has 4 rings (SSSR count). The molecular formula is C28H34N6O2. The Balaban J connectivity index is 1.42. The Bertz CT molecular complexity index is 1160. The van der Waals surface area contributed by atoms with E-state index in [1.807, 2.05) is 79.7 Å². The average molecular weight is 487 g/mol. The fourth-order valence-electron chi connectivity index (χ4n) is 4.37. The number of nitrogens with one attached hydrogen (secondary N) is 2. The topological polar surface area (TPSA) is 105 Å². The molecule has 0 bridgehead atoms. The summed E-state index contributed by atoms with van der Waals surface area (Å²) in [6, 6.07) is 17.7. The number of rotatable bonds is 9. The van der Waals surface area contributed by atoms with Crippen LogP contribution in [0.1, 0.15) is 25.7 Å². The van der Waals surface area contributed by atoms with Crippen molar-refractivity contribution in [3.05, 3.63) is 73.1 Å². The van der Waals surface area contributed by atoms with Crippen LogP contribution in [-0.4, -0.2) is 53.5 Å². The van der Waals surface area contributed by atoms with Crippen molar-refractivity contribution in [2.75, 3.05) is 31.7 Å². The summed E-state index contributed by atoms with van der Waals surface area (Å²) in [6.07, 6.45) is 8.77. The lowest BCUT2D eigenvalue weighted by atomic mass is 9.90. The normalized spacial score (nSPS) is 17.8. The third kappa shape index (κ3) is 7.05. The van der Waals surface area contributed by atoms with E-state index >= 15 is 0 Å². The third-order valence-electron chi connectivity index (χ3n) is 6.10. The van der Waals surface area contributed by atoms with Crippen LogP contribution in [0.5, 0.6) is 11.5 Å². The zero-order chi connectivity index (χ0) is 25.3. The second-order valence-corrected chi connectivity index (χ2v) is 9.30. The molecule has 0 saturated heterocycles. The molecule has 0 spiro atoms. The first-order valence-electron chi connectivity index (χ1n) is 12.3. The predicted molar refractivity (Wildman–Crippen MR) is 144 cm³/mol. The molecule has 1 saturated carbocycles. The van der Waals surface area contributed by atoms with Crippen LogP contribution in [-0.2, 0) is 4.79 Å². The van der Waals surface area contributed by atoms with Crippen LogP contribution in [0.4, 0.5) is 11.6 Å². The molecule has 1 amide bonds. The SMILES string of the molecule is CN(C)C/C=C/C(=O)N[C@@H]1CCC[C@H](Nc2ncnc(N)c2-c2ccc(Oc3ccccc3)cc2)C1. The number of benzene rings is 2. The van der Waals surface area contributed by atoms with E-state index < -0.39 is 0 Å². The number of nitrogens with zero attached hydrogens (tertiary/aromatic N) is 3. The van der Waals surface area contributed by atoms with Crippen molar-refractivity contribution in [1.82, 2.24) is 20.2 Å². The Morgan fingerprint density at radius 2 is 1.78 bits per heavy atom. The maximum atomic E-state index is 12.3. The van der Waals surface area contributed by atoms with Crippen molar-refractivity contribution >= 4 is 17.5 Å². The van der Waals surface area contributed by atoms with Gasteiger partial charge in [0.05, 0.1) is 5.56 Å². The van der Waals surface area contributed by atoms with Gasteiger partial charge in [0.25, 0.3) is 0 Å². The second-order valence-electron chi connectivity index (χ2n) is 9.30. The summed E-state index contributed by atoms with van der Waals surface area (Å²) in [4.78, 5) is 23.0. The summed E-state index contributed by atoms with van der Waals surface area (Å²) in [7, 11) is 3.95. The Kier molecular flexibility index (Phi) is 8.52. The smallest absolute Gasteiger partial charge is 0.243 e. The number of carbonyl (C=O) groups excluding carboxylic acids is 1. The molecule has 1 aromatic heterocycles. The average Bonchev–Trinajstić information content (AvgIpc) is 2.86. The minimum atomic E-state index is -0.0488. The molecule has 3 aromatic rings. The summed E-state index contributed by atoms with van der Waals surface area (Å²) < 4.78 is 5.91. The zero-order valence-electron chi connectivity index (χ0n) is 20.9. The highest BCUT2D eigenvalue weighted by Gasteiger charge is 2.24. The lowest BCUT2D eigenvalue weighted by Gasteiger charge is -2.31. The van der Waals surface area contributed by atoms with Gasteiger partial charge in [-0.3, -0.25) is 4.79 Å². The van der Waals surface area contributed by atoms with Crippen molar-refractivity contribution in [2.45, 2.75) is 37.8 Å². The van der Waals surface area contributed by atoms with Gasteiger partial charge in [0.15, 0.2) is 0 Å². The molecule has 8 nitrogen and oxygen atoms in total. The van der Waals surface area contributed by atoms with E-state index in [1.165, 1.54) is 6.33 Å². The lowest BCUT2D eigenvalue weighted by molar-refractivity contribution is -0.117. The van der Waals surface area contributed by atoms with Gasteiger partial charge in [0.2, 0.25) is 5.91 Å². The van der Waals surface area contributed by atoms with E-state index in [9.17, 15) is 4.79 Å². The maximum absolute atomic E-state index is 12.3. The van der Waals surface area contributed by atoms with Crippen LogP contribution >= 0.6 is 0 Å². The van der Waals surface area contributed by atoms with Crippen LogP contribution in [0, 0.1) is 0 Å². The minimum Gasteiger partial charge on any atom is -0.457 e. The van der Waals surface area contributed by atoms with Crippen LogP contribution in [0.2, 0.25) is 0 Å². The van der Waals surface area contributed by atoms with Gasteiger partial charge in [-0.05, 0) is 69.6 Å². The van der Waals surface area contributed by atoms with Gasteiger partial charge in [-0.25, -0.2) is 9.97 Å². The lowest BCUT2D eigenvalue weighted by Crippen LogP contribution is -2.41. The van der Waals surface area contributed by atoms with Crippen molar-refractivity contribution in [3.8, 4) is 22.6 Å². The van der Waals surface area contributed by atoms with Crippen LogP contribution in [0.25, 0.3) is 11.1 Å². The monoisotopic (exact) mass is 486 g/mol. The number of nitrogen functional groups attached to an aromatic ring is 1. The molecule has 188 valence electrons. The summed E-state index contributed by atoms with van der Waals surface area (Å²) in [6.45, 7) is 0.736. The highest BCUT2D eigenvalue weighted by Crippen LogP contribution is 2.34. The number of amides is 1. The summed E-state index contributed by atoms with van der Waals surface area (Å²) in [5.74, 6) is 2.58. The van der Waals surface area contributed by atoms with Gasteiger partial charge in [-0.1, -0.05) is 36.4 Å². The number of ether oxygens (including phenoxy) is 1. The van der Waals surface area contributed by atoms with Gasteiger partial charge >= 0.3 is 0 Å². The van der Waals surface area contributed by atoms with Crippen molar-refractivity contribution in [3.63, 3.8) is 0 Å². The summed E-state index contributed by atoms with van der Waals surface area (Å²) in [5, 5.41) is 6.70. The molecule has 1 aliphatic rings. The number of hydrogen-bond acceptors (Lipinski definition) is 7. The molecule has 4 N–H and O–H groups in total. The molecule has 1 aliphatic carbocycles. The van der Waals surface area contributed by atoms with E-state index in [1.54, 1.807) is 6.08 Å². The van der Waals surface area contributed by atoms with E-state index in [0.29, 0.717) is 11.6 Å². The highest BCUT2D eigenvalue weighted by atomic mass is 16.5. The number of likely N-dealkylation sites (N-methyl/N-ethyl adjacent to an activating group) is 1. The van der Waals surface area contributed by atoms with E-state index in [2.05, 4.69) is 20.6 Å². The molecule has 2 atom stereocenters. The predicted octanol–water partition coefficient (Wildman–Crippen LogP) is 4.48. The molecule has 0 aliphatic heterocycles. The molecule has 1 fully saturated rings. The quantitative estimate of drug-likeness (QED) is 0.383. The Labute approximate surface area is 212 Å². The second kappa shape index (κ2) is 12.2. The summed E-state index contributed by atoms with van der Waals surface area (Å²) >= 11 is 0. The fraction of sp³-hybridized carbons (Fsp3) is 0.321. The van der Waals surface area contributed by atoms with Crippen molar-refractivity contribution in [2.24, 2.45) is 0 Å². The highest BCUT2D eigenvalue weighted by molar-refractivity contribution is 5.87. The standard InChI is InChI=1S/C28H34N6O2/c1-34(2)17-7-12-25(35)32-21-8-6-9-22(18-21)33-28-26(27(29)30-19-31-28)20-13-15-24(16-14-20)36-23-10-4-3-5-11-23/h3-5,7,10-16,19,21-22H,6,8-9,17-18H2,1-2H3,(H,32,35)(H3,29,30,31,33)/b12-7+/t21-,22+/m1/s1. The molecule has 0 radical (unpaired) electrons. The number of anilines is 2. The molecule has 8 heteroatoms. The van der Waals surface area contributed by atoms with Gasteiger partial charge in [0.1, 0.15) is 29.5 Å². The first-order chi connectivity index (χ1) is 17.5. The molecule has 36 heavy (non-hydrogen) atoms. The van der Waals surface area contributed by atoms with Crippen LogP contribution in [0.15, 0.2) is 73.1 Å². The van der Waals surface area contributed by atoms with Gasteiger partial charge in [0, 0.05) is 24.7 Å². The number of carbonyl (C=O) groups is 1. The van der Waals surface area contributed by atoms with E-state index in [0.717, 1.165) is 54.9 Å². The Hall–Kier alpha value is -3.91. The molecular weight excluding hydrogens is 452 g/mol. The van der Waals surface area contributed by atoms with Crippen molar-refractivity contribution in [1.29, 1.82) is 0 Å². The number of aromatic nitrogens is 2. The number of nitrogens with two attached hydrogens (primary N) is 1. The van der Waals surface area contributed by atoms with Gasteiger partial charge < -0.3 is 26.0 Å². The molecule has 0 unspecified atom stereocenters. The van der Waals surface area contributed by atoms with Crippen LogP contribution in [0.3, 0.4) is 0 Å². The first kappa shape index (κ1) is 25.2. The fourth-order valence-corrected chi connectivity index (χ4v) is 4.37.